The minimum atomic E-state index is -5.31. The molecule has 6 aromatic carbocycles. The Bertz CT molecular complexity index is 5030. The van der Waals surface area contributed by atoms with E-state index >= 15 is 0 Å². The summed E-state index contributed by atoms with van der Waals surface area (Å²) in [5.74, 6) is -5.60. The Labute approximate surface area is 819 Å². The summed E-state index contributed by atoms with van der Waals surface area (Å²) in [7, 11) is -0.279. The predicted molar refractivity (Wildman–Crippen MR) is 482 cm³/mol. The van der Waals surface area contributed by atoms with Crippen LogP contribution in [-0.4, -0.2) is 206 Å². The number of phosphoric ester groups is 2. The molecule has 3 aromatic heterocycles. The van der Waals surface area contributed by atoms with Gasteiger partial charge in [0.25, 0.3) is 0 Å². The summed E-state index contributed by atoms with van der Waals surface area (Å²) in [5, 5.41) is 57.3. The second-order valence-corrected chi connectivity index (χ2v) is 31.3. The van der Waals surface area contributed by atoms with Gasteiger partial charge < -0.3 is 83.0 Å². The molecule has 0 saturated carbocycles. The zero-order valence-corrected chi connectivity index (χ0v) is 83.2. The van der Waals surface area contributed by atoms with Crippen LogP contribution in [0.2, 0.25) is 0 Å². The number of hydrogen-bond acceptors (Lipinski definition) is 27. The minimum Gasteiger partial charge on any atom is -0.790 e. The molecule has 9 aromatic rings. The predicted octanol–water partition coefficient (Wildman–Crippen LogP) is 5.92. The van der Waals surface area contributed by atoms with Crippen LogP contribution in [-0.2, 0) is 74.7 Å². The van der Waals surface area contributed by atoms with Crippen molar-refractivity contribution < 1.29 is 195 Å². The molecule has 0 saturated heterocycles. The Hall–Kier alpha value is -5.96. The van der Waals surface area contributed by atoms with Gasteiger partial charge in [0.05, 0.1) is 58.0 Å². The molecule has 0 aliphatic carbocycles. The van der Waals surface area contributed by atoms with Gasteiger partial charge in [0.2, 0.25) is 0 Å². The number of nitrogens with zero attached hydrogens (tertiary/aromatic N) is 6. The quantitative estimate of drug-likeness (QED) is 0.00962. The number of fused-ring (bicyclic) bond motifs is 3. The van der Waals surface area contributed by atoms with Crippen molar-refractivity contribution in [3.05, 3.63) is 216 Å². The van der Waals surface area contributed by atoms with Crippen LogP contribution in [0.1, 0.15) is 36.0 Å². The van der Waals surface area contributed by atoms with E-state index in [0.29, 0.717) is 0 Å². The fourth-order valence-corrected chi connectivity index (χ4v) is 11.8. The molecule has 694 valence electrons. The van der Waals surface area contributed by atoms with Gasteiger partial charge in [-0.3, -0.25) is 34.4 Å². The van der Waals surface area contributed by atoms with E-state index in [4.69, 9.17) is 30.0 Å². The average molecular weight is 2000 g/mol. The van der Waals surface area contributed by atoms with E-state index in [2.05, 4.69) is 64.2 Å². The summed E-state index contributed by atoms with van der Waals surface area (Å²) in [5.41, 5.74) is -0.107. The third kappa shape index (κ3) is 44.0. The van der Waals surface area contributed by atoms with E-state index in [-0.39, 0.29) is 233 Å². The zero-order chi connectivity index (χ0) is 87.6. The second kappa shape index (κ2) is 63.2. The molecule has 9 N–H and O–H groups in total. The largest absolute Gasteiger partial charge is 1.00 e. The smallest absolute Gasteiger partial charge is 0.790 e. The zero-order valence-electron chi connectivity index (χ0n) is 69.8. The van der Waals surface area contributed by atoms with Crippen LogP contribution in [0.15, 0.2) is 164 Å². The number of amides is 7. The van der Waals surface area contributed by atoms with Gasteiger partial charge in [0, 0.05) is 131 Å². The van der Waals surface area contributed by atoms with Crippen LogP contribution < -0.4 is 95.5 Å². The summed E-state index contributed by atoms with van der Waals surface area (Å²) in [6.07, 6.45) is -2.22. The number of phosphoric acid groups is 2. The molecule has 34 nitrogen and oxygen atoms in total. The number of halogens is 7. The molecular weight excluding hydrogens is 1900 g/mol. The van der Waals surface area contributed by atoms with Gasteiger partial charge in [-0.25, -0.2) is 74.4 Å². The summed E-state index contributed by atoms with van der Waals surface area (Å²) in [6, 6.07) is 34.1. The Morgan fingerprint density at radius 2 is 0.748 bits per heavy atom. The molecule has 7 amide bonds. The molecule has 3 heterocycles. The summed E-state index contributed by atoms with van der Waals surface area (Å²) >= 11 is 5.02. The Morgan fingerprint density at radius 1 is 0.441 bits per heavy atom. The number of rotatable bonds is 35. The molecule has 0 fully saturated rings. The molecule has 127 heavy (non-hydrogen) atoms. The van der Waals surface area contributed by atoms with Crippen LogP contribution in [0.4, 0.5) is 67.8 Å². The Morgan fingerprint density at radius 3 is 1.07 bits per heavy atom. The normalized spacial score (nSPS) is 12.1. The van der Waals surface area contributed by atoms with E-state index in [1.165, 1.54) is 76.7 Å². The fourth-order valence-electron chi connectivity index (χ4n) is 10.6. The molecule has 0 bridgehead atoms. The number of aromatic nitrogens is 3. The van der Waals surface area contributed by atoms with Crippen LogP contribution in [0.3, 0.4) is 0 Å². The second-order valence-electron chi connectivity index (χ2n) is 25.5. The van der Waals surface area contributed by atoms with Crippen LogP contribution in [0.5, 0.6) is 0 Å². The number of hydrogen-bond donors (Lipinski definition) is 9. The Balaban J connectivity index is -0.00000170. The SMILES string of the molecule is CN(C(=O)NCc1cccc(F)c1F)[C@H](COC(=O)Nc1cc2ccccc2cn1)C[C@H](O)CO.CN(Cc1cccc(F)c1F)[C@H](COC(=O)Nc1cc2ccccc2cn1)C[C@H](O)COP(=O)([O-])[O-].COP(=O)(Cl)OC.COP(=O)(OC)OC[C@@H](O)C[C@@H](COC(=O)Nc1cc2ccccc2cn1)N(C)C(=O)NCc1cccc(F)c1F.S.S.S.S.S.S.[Na+].[Na+]. The minimum absolute atomic E-state index is 0. The first-order chi connectivity index (χ1) is 56.5. The number of aliphatic hydroxyl groups excluding tert-OH is 4. The maximum Gasteiger partial charge on any atom is 1.00 e. The topological polar surface area (TPSA) is 455 Å². The van der Waals surface area contributed by atoms with Gasteiger partial charge in [-0.1, -0.05) is 109 Å². The molecule has 9 rings (SSSR count). The van der Waals surface area contributed by atoms with Gasteiger partial charge in [0.1, 0.15) is 37.3 Å². The van der Waals surface area contributed by atoms with Gasteiger partial charge in [0.15, 0.2) is 34.9 Å². The molecule has 0 radical (unpaired) electrons. The number of urea groups is 2. The molecule has 6 atom stereocenters. The van der Waals surface area contributed by atoms with Crippen LogP contribution in [0.25, 0.3) is 32.3 Å². The number of benzene rings is 6. The number of carbonyl (C=O) groups is 5. The monoisotopic (exact) mass is 2000 g/mol. The van der Waals surface area contributed by atoms with Crippen molar-refractivity contribution >= 4 is 195 Å². The van der Waals surface area contributed by atoms with Crippen molar-refractivity contribution in [1.82, 2.24) is 40.3 Å². The van der Waals surface area contributed by atoms with Crippen molar-refractivity contribution in [3.8, 4) is 0 Å². The molecule has 0 spiro atoms. The third-order valence-corrected chi connectivity index (χ3v) is 20.6. The number of nitrogens with one attached hydrogen (secondary N) is 5. The van der Waals surface area contributed by atoms with Crippen molar-refractivity contribution in [3.63, 3.8) is 0 Å². The average Bonchev–Trinajstić information content (AvgIpc) is 0.850. The van der Waals surface area contributed by atoms with Crippen molar-refractivity contribution in [1.29, 1.82) is 0 Å². The number of carbonyl (C=O) groups excluding carboxylic acids is 5. The van der Waals surface area contributed by atoms with E-state index in [1.807, 2.05) is 72.8 Å². The van der Waals surface area contributed by atoms with Crippen molar-refractivity contribution in [2.24, 2.45) is 0 Å². The fraction of sp³-hybridized carbons (Fsp3) is 0.333. The van der Waals surface area contributed by atoms with E-state index in [0.717, 1.165) is 74.5 Å². The van der Waals surface area contributed by atoms with Crippen molar-refractivity contribution in [2.75, 3.05) is 105 Å². The summed E-state index contributed by atoms with van der Waals surface area (Å²) in [6.45, 7) is -6.80. The molecule has 0 aliphatic rings. The van der Waals surface area contributed by atoms with E-state index < -0.39 is 144 Å². The molecular formula is C75H99ClF6N11Na2O23P3S6. The standard InChI is InChI=1S/C26H31F2N4O8P.C24H26F2N4O5.C23H26F2N3O7P.C2H6ClO3P.2Na.6H2S/c1-32(25(34)30-14-19-9-6-10-22(27)24(19)28)20(12-21(33)16-40-41(36,37-2)38-3)15-39-26(35)31-23-11-17-7-4-5-8-18(17)13-29-23;1-30(23(33)28-12-17-7-4-8-20(25)22(17)26)18(10-19(32)13-31)14-35-24(34)29-21-9-15-5-2-3-6-16(15)11-27-21;1-28(12-17-7-4-8-20(24)22(17)25)18(10-19(29)14-35-36(31,32)33)13-34-23(30)27-21-9-15-5-2-3-6-16(15)11-26-21;1-5-7(3,4)6-2;;;;;;;;/h4-11,13,20-21,33H,12,14-16H2,1-3H3,(H,30,34)(H,29,31,35);2-9,11,18-19,31-32H,10,12-14H2,1H3,(H,28,33)(H,27,29,34);2-9,11,18-19,29H,10,12-14H2,1H3,(H,26,27,30)(H2,31,32,33);1-2H3;;;6*1H2/q;;;;2*+1;;;;;;/p-2/t20-,21-;2*18-,19-;;;;;;;;;/m000........./s1. The summed E-state index contributed by atoms with van der Waals surface area (Å²) in [4.78, 5) is 100. The summed E-state index contributed by atoms with van der Waals surface area (Å²) < 4.78 is 158. The first kappa shape index (κ1) is 125. The third-order valence-electron chi connectivity index (χ3n) is 17.1. The van der Waals surface area contributed by atoms with Gasteiger partial charge in [-0.2, -0.15) is 81.0 Å². The number of aliphatic hydroxyl groups is 4. The first-order valence-corrected chi connectivity index (χ1v) is 40.8. The number of ether oxygens (including phenoxy) is 3. The van der Waals surface area contributed by atoms with Gasteiger partial charge >= 0.3 is 104 Å². The number of likely N-dealkylation sites (N-methyl/N-ethyl adjacent to an activating group) is 3. The molecule has 52 heteroatoms. The number of anilines is 3. The van der Waals surface area contributed by atoms with E-state index in [1.54, 1.807) is 36.8 Å². The Kier molecular flexibility index (Phi) is 62.3. The van der Waals surface area contributed by atoms with Gasteiger partial charge in [-0.15, -0.1) is 0 Å². The first-order valence-electron chi connectivity index (χ1n) is 35.4. The van der Waals surface area contributed by atoms with E-state index in [9.17, 15) is 94.2 Å². The maximum absolute atomic E-state index is 14.1. The molecule has 0 unspecified atom stereocenters. The maximum atomic E-state index is 14.1. The molecule has 0 aliphatic heterocycles. The van der Waals surface area contributed by atoms with Crippen molar-refractivity contribution in [2.45, 2.75) is 75.3 Å². The van der Waals surface area contributed by atoms with Gasteiger partial charge in [-0.05, 0) is 78.9 Å². The van der Waals surface area contributed by atoms with Crippen LogP contribution in [0, 0.1) is 34.9 Å². The number of pyridine rings is 3. The van der Waals surface area contributed by atoms with Crippen LogP contribution >= 0.6 is 115 Å².